The van der Waals surface area contributed by atoms with Crippen LogP contribution in [-0.4, -0.2) is 31.8 Å². The number of hydrogen-bond donors (Lipinski definition) is 1. The summed E-state index contributed by atoms with van der Waals surface area (Å²) in [7, 11) is 0. The van der Waals surface area contributed by atoms with Crippen molar-refractivity contribution in [1.82, 2.24) is 5.32 Å². The van der Waals surface area contributed by atoms with Crippen molar-refractivity contribution in [1.29, 1.82) is 0 Å². The fourth-order valence-electron chi connectivity index (χ4n) is 1.35. The summed E-state index contributed by atoms with van der Waals surface area (Å²) in [5.41, 5.74) is 0. The van der Waals surface area contributed by atoms with Gasteiger partial charge in [0.25, 0.3) is 0 Å². The minimum absolute atomic E-state index is 0.194. The highest BCUT2D eigenvalue weighted by atomic mass is 16.5. The second-order valence-corrected chi connectivity index (χ2v) is 4.05. The number of alkyl carbamates (subject to hydrolysis) is 1. The van der Waals surface area contributed by atoms with E-state index in [0.29, 0.717) is 25.0 Å². The third-order valence-corrected chi connectivity index (χ3v) is 2.61. The van der Waals surface area contributed by atoms with E-state index in [2.05, 4.69) is 17.0 Å². The van der Waals surface area contributed by atoms with Crippen LogP contribution in [0.2, 0.25) is 0 Å². The summed E-state index contributed by atoms with van der Waals surface area (Å²) in [4.78, 5) is 22.1. The molecule has 1 N–H and O–H groups in total. The molecule has 2 atom stereocenters. The van der Waals surface area contributed by atoms with Gasteiger partial charge in [-0.25, -0.2) is 4.79 Å². The molecule has 0 aromatic rings. The van der Waals surface area contributed by atoms with E-state index < -0.39 is 6.09 Å². The fraction of sp³-hybridized carbons (Fsp3) is 0.818. The average molecular weight is 229 g/mol. The Hall–Kier alpha value is -1.26. The minimum Gasteiger partial charge on any atom is -0.465 e. The molecule has 0 saturated heterocycles. The van der Waals surface area contributed by atoms with Crippen molar-refractivity contribution in [2.24, 2.45) is 11.8 Å². The largest absolute Gasteiger partial charge is 0.465 e. The molecule has 2 unspecified atom stereocenters. The van der Waals surface area contributed by atoms with E-state index in [1.54, 1.807) is 6.92 Å². The maximum Gasteiger partial charge on any atom is 0.407 e. The van der Waals surface area contributed by atoms with Crippen molar-refractivity contribution in [3.8, 4) is 0 Å². The smallest absolute Gasteiger partial charge is 0.407 e. The summed E-state index contributed by atoms with van der Waals surface area (Å²) >= 11 is 0. The lowest BCUT2D eigenvalue weighted by molar-refractivity contribution is -0.144. The third kappa shape index (κ3) is 5.00. The number of carbonyl (C=O) groups excluding carboxylic acids is 2. The number of amides is 1. The molecule has 1 rings (SSSR count). The summed E-state index contributed by atoms with van der Waals surface area (Å²) in [6, 6.07) is 0. The van der Waals surface area contributed by atoms with Crippen LogP contribution in [0.4, 0.5) is 4.79 Å². The SMILES string of the molecule is CCOC(=O)NCCC(=O)OCC1CC1C. The van der Waals surface area contributed by atoms with Crippen molar-refractivity contribution in [2.75, 3.05) is 19.8 Å². The minimum atomic E-state index is -0.494. The number of ether oxygens (including phenoxy) is 2. The molecule has 0 aromatic carbocycles. The van der Waals surface area contributed by atoms with Crippen molar-refractivity contribution >= 4 is 12.1 Å². The summed E-state index contributed by atoms with van der Waals surface area (Å²) in [5, 5.41) is 2.46. The van der Waals surface area contributed by atoms with E-state index in [9.17, 15) is 9.59 Å². The van der Waals surface area contributed by atoms with E-state index >= 15 is 0 Å². The Morgan fingerprint density at radius 1 is 1.38 bits per heavy atom. The molecule has 5 nitrogen and oxygen atoms in total. The van der Waals surface area contributed by atoms with Crippen LogP contribution in [0.5, 0.6) is 0 Å². The molecule has 1 amide bonds. The molecule has 0 radical (unpaired) electrons. The first-order chi connectivity index (χ1) is 7.63. The van der Waals surface area contributed by atoms with Crippen LogP contribution in [0.1, 0.15) is 26.7 Å². The van der Waals surface area contributed by atoms with Crippen LogP contribution in [0, 0.1) is 11.8 Å². The van der Waals surface area contributed by atoms with E-state index in [-0.39, 0.29) is 18.9 Å². The number of rotatable bonds is 6. The van der Waals surface area contributed by atoms with Gasteiger partial charge in [-0.2, -0.15) is 0 Å². The molecule has 0 aliphatic heterocycles. The lowest BCUT2D eigenvalue weighted by atomic mass is 10.3. The molecule has 0 bridgehead atoms. The van der Waals surface area contributed by atoms with Crippen LogP contribution in [-0.2, 0) is 14.3 Å². The zero-order valence-corrected chi connectivity index (χ0v) is 9.82. The molecule has 16 heavy (non-hydrogen) atoms. The van der Waals surface area contributed by atoms with E-state index in [1.807, 2.05) is 0 Å². The van der Waals surface area contributed by atoms with Crippen molar-refractivity contribution < 1.29 is 19.1 Å². The Labute approximate surface area is 95.5 Å². The van der Waals surface area contributed by atoms with E-state index in [4.69, 9.17) is 4.74 Å². The number of carbonyl (C=O) groups is 2. The fourth-order valence-corrected chi connectivity index (χ4v) is 1.35. The standard InChI is InChI=1S/C11H19NO4/c1-3-15-11(14)12-5-4-10(13)16-7-9-6-8(9)2/h8-9H,3-7H2,1-2H3,(H,12,14). The molecular formula is C11H19NO4. The maximum absolute atomic E-state index is 11.2. The molecule has 1 aliphatic carbocycles. The molecule has 0 spiro atoms. The molecule has 0 heterocycles. The first kappa shape index (κ1) is 12.8. The predicted octanol–water partition coefficient (Wildman–Crippen LogP) is 1.32. The highest BCUT2D eigenvalue weighted by molar-refractivity contribution is 5.71. The van der Waals surface area contributed by atoms with Crippen molar-refractivity contribution in [3.63, 3.8) is 0 Å². The lowest BCUT2D eigenvalue weighted by Crippen LogP contribution is -2.27. The Morgan fingerprint density at radius 3 is 2.62 bits per heavy atom. The summed E-state index contributed by atoms with van der Waals surface area (Å²) in [6.45, 7) is 4.97. The third-order valence-electron chi connectivity index (χ3n) is 2.61. The zero-order valence-electron chi connectivity index (χ0n) is 9.82. The first-order valence-corrected chi connectivity index (χ1v) is 5.69. The normalized spacial score (nSPS) is 22.4. The van der Waals surface area contributed by atoms with Gasteiger partial charge < -0.3 is 14.8 Å². The second kappa shape index (κ2) is 6.35. The highest BCUT2D eigenvalue weighted by Crippen LogP contribution is 2.37. The molecule has 1 fully saturated rings. The number of nitrogens with one attached hydrogen (secondary N) is 1. The Bertz CT molecular complexity index is 254. The maximum atomic E-state index is 11.2. The first-order valence-electron chi connectivity index (χ1n) is 5.69. The zero-order chi connectivity index (χ0) is 12.0. The summed E-state index contributed by atoms with van der Waals surface area (Å²) in [5.74, 6) is 0.961. The molecular weight excluding hydrogens is 210 g/mol. The Kier molecular flexibility index (Phi) is 5.08. The summed E-state index contributed by atoms with van der Waals surface area (Å²) in [6.07, 6.45) is 0.847. The quantitative estimate of drug-likeness (QED) is 0.698. The van der Waals surface area contributed by atoms with Crippen LogP contribution >= 0.6 is 0 Å². The highest BCUT2D eigenvalue weighted by Gasteiger charge is 2.33. The molecule has 1 saturated carbocycles. The number of esters is 1. The van der Waals surface area contributed by atoms with Gasteiger partial charge in [-0.05, 0) is 25.2 Å². The number of hydrogen-bond acceptors (Lipinski definition) is 4. The predicted molar refractivity (Wildman–Crippen MR) is 57.9 cm³/mol. The van der Waals surface area contributed by atoms with E-state index in [0.717, 1.165) is 6.42 Å². The van der Waals surface area contributed by atoms with Gasteiger partial charge in [-0.1, -0.05) is 6.92 Å². The van der Waals surface area contributed by atoms with Crippen LogP contribution in [0.15, 0.2) is 0 Å². The van der Waals surface area contributed by atoms with Crippen molar-refractivity contribution in [3.05, 3.63) is 0 Å². The van der Waals surface area contributed by atoms with Gasteiger partial charge in [0.05, 0.1) is 19.6 Å². The van der Waals surface area contributed by atoms with Gasteiger partial charge in [0.15, 0.2) is 0 Å². The second-order valence-electron chi connectivity index (χ2n) is 4.05. The van der Waals surface area contributed by atoms with Crippen LogP contribution < -0.4 is 5.32 Å². The summed E-state index contributed by atoms with van der Waals surface area (Å²) < 4.78 is 9.69. The topological polar surface area (TPSA) is 64.6 Å². The Balaban J connectivity index is 1.95. The Morgan fingerprint density at radius 2 is 2.06 bits per heavy atom. The molecule has 0 aromatic heterocycles. The van der Waals surface area contributed by atoms with Gasteiger partial charge in [-0.3, -0.25) is 4.79 Å². The molecule has 1 aliphatic rings. The average Bonchev–Trinajstić information content (AvgIpc) is 2.92. The van der Waals surface area contributed by atoms with Gasteiger partial charge in [0.1, 0.15) is 0 Å². The molecule has 5 heteroatoms. The van der Waals surface area contributed by atoms with Gasteiger partial charge in [0.2, 0.25) is 0 Å². The monoisotopic (exact) mass is 229 g/mol. The molecule has 92 valence electrons. The van der Waals surface area contributed by atoms with Crippen LogP contribution in [0.25, 0.3) is 0 Å². The van der Waals surface area contributed by atoms with Gasteiger partial charge in [-0.15, -0.1) is 0 Å². The van der Waals surface area contributed by atoms with Gasteiger partial charge >= 0.3 is 12.1 Å². The van der Waals surface area contributed by atoms with E-state index in [1.165, 1.54) is 0 Å². The van der Waals surface area contributed by atoms with Crippen molar-refractivity contribution in [2.45, 2.75) is 26.7 Å². The lowest BCUT2D eigenvalue weighted by Gasteiger charge is -2.05. The van der Waals surface area contributed by atoms with Crippen LogP contribution in [0.3, 0.4) is 0 Å². The van der Waals surface area contributed by atoms with Gasteiger partial charge in [0, 0.05) is 6.54 Å².